The number of aromatic nitrogens is 1. The van der Waals surface area contributed by atoms with Crippen LogP contribution < -0.4 is 4.74 Å². The van der Waals surface area contributed by atoms with E-state index < -0.39 is 0 Å². The number of aryl methyl sites for hydroxylation is 1. The van der Waals surface area contributed by atoms with Crippen LogP contribution in [-0.4, -0.2) is 11.6 Å². The van der Waals surface area contributed by atoms with Crippen LogP contribution in [0.25, 0.3) is 10.9 Å². The Hall–Kier alpha value is -1.44. The molecule has 1 aromatic carbocycles. The molecule has 0 aliphatic heterocycles. The van der Waals surface area contributed by atoms with Crippen LogP contribution in [0.1, 0.15) is 18.9 Å². The van der Waals surface area contributed by atoms with E-state index in [-0.39, 0.29) is 0 Å². The maximum atomic E-state index is 5.52. The molecular weight excluding hydrogens is 174 g/mol. The van der Waals surface area contributed by atoms with Crippen LogP contribution in [-0.2, 0) is 0 Å². The highest BCUT2D eigenvalue weighted by molar-refractivity contribution is 5.81. The summed E-state index contributed by atoms with van der Waals surface area (Å²) < 4.78 is 5.52. The van der Waals surface area contributed by atoms with Gasteiger partial charge in [-0.1, -0.05) is 19.1 Å². The minimum atomic E-state index is 0.770. The number of benzene rings is 1. The quantitative estimate of drug-likeness (QED) is 0.787. The Morgan fingerprint density at radius 3 is 2.93 bits per heavy atom. The molecule has 1 N–H and O–H groups in total. The zero-order chi connectivity index (χ0) is 9.97. The van der Waals surface area contributed by atoms with E-state index in [2.05, 4.69) is 37.0 Å². The summed E-state index contributed by atoms with van der Waals surface area (Å²) >= 11 is 0. The topological polar surface area (TPSA) is 25.0 Å². The van der Waals surface area contributed by atoms with Gasteiger partial charge in [-0.15, -0.1) is 0 Å². The first-order valence-corrected chi connectivity index (χ1v) is 5.02. The lowest BCUT2D eigenvalue weighted by atomic mass is 10.2. The van der Waals surface area contributed by atoms with Gasteiger partial charge in [0.2, 0.25) is 0 Å². The van der Waals surface area contributed by atoms with Gasteiger partial charge in [0.05, 0.1) is 6.61 Å². The van der Waals surface area contributed by atoms with Crippen LogP contribution in [0, 0.1) is 6.92 Å². The van der Waals surface area contributed by atoms with Gasteiger partial charge in [0.15, 0.2) is 5.88 Å². The van der Waals surface area contributed by atoms with Crippen LogP contribution in [0.3, 0.4) is 0 Å². The number of nitrogens with one attached hydrogen (secondary N) is 1. The second-order valence-corrected chi connectivity index (χ2v) is 3.57. The first kappa shape index (κ1) is 9.13. The van der Waals surface area contributed by atoms with Crippen molar-refractivity contribution >= 4 is 10.9 Å². The summed E-state index contributed by atoms with van der Waals surface area (Å²) in [5.74, 6) is 0.868. The summed E-state index contributed by atoms with van der Waals surface area (Å²) in [5, 5.41) is 1.21. The number of hydrogen-bond donors (Lipinski definition) is 1. The second kappa shape index (κ2) is 3.74. The summed E-state index contributed by atoms with van der Waals surface area (Å²) in [6.07, 6.45) is 1.04. The molecule has 74 valence electrons. The lowest BCUT2D eigenvalue weighted by Gasteiger charge is -1.98. The molecule has 0 saturated heterocycles. The largest absolute Gasteiger partial charge is 0.479 e. The standard InChI is InChI=1S/C12H15NO/c1-3-6-14-12-8-10-5-4-9(2)7-11(10)13-12/h4-5,7-8,13H,3,6H2,1-2H3. The van der Waals surface area contributed by atoms with Crippen LogP contribution in [0.2, 0.25) is 0 Å². The molecule has 0 unspecified atom stereocenters. The number of ether oxygens (including phenoxy) is 1. The minimum Gasteiger partial charge on any atom is -0.479 e. The molecule has 0 bridgehead atoms. The highest BCUT2D eigenvalue weighted by Crippen LogP contribution is 2.21. The van der Waals surface area contributed by atoms with Crippen molar-refractivity contribution in [2.75, 3.05) is 6.61 Å². The van der Waals surface area contributed by atoms with Crippen LogP contribution in [0.15, 0.2) is 24.3 Å². The highest BCUT2D eigenvalue weighted by Gasteiger charge is 2.00. The van der Waals surface area contributed by atoms with E-state index in [1.165, 1.54) is 10.9 Å². The van der Waals surface area contributed by atoms with Gasteiger partial charge < -0.3 is 9.72 Å². The summed E-state index contributed by atoms with van der Waals surface area (Å²) in [6, 6.07) is 8.40. The van der Waals surface area contributed by atoms with Crippen molar-refractivity contribution in [3.63, 3.8) is 0 Å². The molecule has 0 saturated carbocycles. The Morgan fingerprint density at radius 2 is 2.14 bits per heavy atom. The van der Waals surface area contributed by atoms with Crippen molar-refractivity contribution in [3.05, 3.63) is 29.8 Å². The maximum absolute atomic E-state index is 5.52. The van der Waals surface area contributed by atoms with Gasteiger partial charge in [0.1, 0.15) is 0 Å². The van der Waals surface area contributed by atoms with Crippen molar-refractivity contribution in [1.82, 2.24) is 4.98 Å². The van der Waals surface area contributed by atoms with Gasteiger partial charge in [0, 0.05) is 17.0 Å². The van der Waals surface area contributed by atoms with E-state index in [9.17, 15) is 0 Å². The third kappa shape index (κ3) is 1.74. The average molecular weight is 189 g/mol. The first-order valence-electron chi connectivity index (χ1n) is 5.02. The van der Waals surface area contributed by atoms with Crippen molar-refractivity contribution in [2.45, 2.75) is 20.3 Å². The molecule has 0 fully saturated rings. The monoisotopic (exact) mass is 189 g/mol. The molecule has 0 spiro atoms. The smallest absolute Gasteiger partial charge is 0.191 e. The second-order valence-electron chi connectivity index (χ2n) is 3.57. The first-order chi connectivity index (χ1) is 6.79. The van der Waals surface area contributed by atoms with Gasteiger partial charge >= 0.3 is 0 Å². The molecule has 0 aliphatic carbocycles. The molecule has 1 aromatic heterocycles. The number of H-pyrrole nitrogens is 1. The molecular formula is C12H15NO. The Kier molecular flexibility index (Phi) is 2.44. The average Bonchev–Trinajstić information content (AvgIpc) is 2.56. The Bertz CT molecular complexity index is 431. The number of fused-ring (bicyclic) bond motifs is 1. The van der Waals surface area contributed by atoms with Gasteiger partial charge in [0.25, 0.3) is 0 Å². The fraction of sp³-hybridized carbons (Fsp3) is 0.333. The maximum Gasteiger partial charge on any atom is 0.191 e. The van der Waals surface area contributed by atoms with E-state index in [0.29, 0.717) is 0 Å². The van der Waals surface area contributed by atoms with E-state index in [0.717, 1.165) is 24.4 Å². The van der Waals surface area contributed by atoms with Crippen molar-refractivity contribution < 1.29 is 4.74 Å². The van der Waals surface area contributed by atoms with Gasteiger partial charge in [-0.25, -0.2) is 0 Å². The fourth-order valence-electron chi connectivity index (χ4n) is 1.50. The van der Waals surface area contributed by atoms with Gasteiger partial charge in [-0.2, -0.15) is 0 Å². The lowest BCUT2D eigenvalue weighted by Crippen LogP contribution is -1.94. The van der Waals surface area contributed by atoms with E-state index in [1.54, 1.807) is 0 Å². The molecule has 2 rings (SSSR count). The highest BCUT2D eigenvalue weighted by atomic mass is 16.5. The lowest BCUT2D eigenvalue weighted by molar-refractivity contribution is 0.308. The third-order valence-corrected chi connectivity index (χ3v) is 2.21. The molecule has 2 aromatic rings. The molecule has 0 radical (unpaired) electrons. The Balaban J connectivity index is 2.32. The van der Waals surface area contributed by atoms with Crippen LogP contribution in [0.4, 0.5) is 0 Å². The molecule has 0 amide bonds. The summed E-state index contributed by atoms with van der Waals surface area (Å²) in [6.45, 7) is 4.96. The van der Waals surface area contributed by atoms with E-state index >= 15 is 0 Å². The fourth-order valence-corrected chi connectivity index (χ4v) is 1.50. The van der Waals surface area contributed by atoms with Gasteiger partial charge in [-0.05, 0) is 25.0 Å². The predicted octanol–water partition coefficient (Wildman–Crippen LogP) is 3.27. The number of aromatic amines is 1. The summed E-state index contributed by atoms with van der Waals surface area (Å²) in [4.78, 5) is 3.25. The SMILES string of the molecule is CCCOc1cc2ccc(C)cc2[nH]1. The van der Waals surface area contributed by atoms with Crippen molar-refractivity contribution in [3.8, 4) is 5.88 Å². The Labute approximate surface area is 83.9 Å². The molecule has 0 atom stereocenters. The summed E-state index contributed by atoms with van der Waals surface area (Å²) in [7, 11) is 0. The zero-order valence-electron chi connectivity index (χ0n) is 8.63. The molecule has 2 nitrogen and oxygen atoms in total. The normalized spacial score (nSPS) is 10.7. The number of rotatable bonds is 3. The van der Waals surface area contributed by atoms with Crippen molar-refractivity contribution in [1.29, 1.82) is 0 Å². The minimum absolute atomic E-state index is 0.770. The molecule has 14 heavy (non-hydrogen) atoms. The van der Waals surface area contributed by atoms with Crippen LogP contribution in [0.5, 0.6) is 5.88 Å². The van der Waals surface area contributed by atoms with Crippen LogP contribution >= 0.6 is 0 Å². The third-order valence-electron chi connectivity index (χ3n) is 2.21. The molecule has 1 heterocycles. The summed E-state index contributed by atoms with van der Waals surface area (Å²) in [5.41, 5.74) is 2.41. The molecule has 0 aliphatic rings. The van der Waals surface area contributed by atoms with E-state index in [4.69, 9.17) is 4.74 Å². The predicted molar refractivity (Wildman–Crippen MR) is 58.8 cm³/mol. The van der Waals surface area contributed by atoms with Crippen molar-refractivity contribution in [2.24, 2.45) is 0 Å². The van der Waals surface area contributed by atoms with E-state index in [1.807, 2.05) is 6.07 Å². The van der Waals surface area contributed by atoms with Gasteiger partial charge in [-0.3, -0.25) is 0 Å². The Morgan fingerprint density at radius 1 is 1.29 bits per heavy atom. The molecule has 2 heteroatoms. The number of hydrogen-bond acceptors (Lipinski definition) is 1. The zero-order valence-corrected chi connectivity index (χ0v) is 8.63.